The molecule has 1 N–H and O–H groups in total. The SMILES string of the molecule is O=C(O)Cn1/c(=N/C(=O)c2cccc(Cl)c2)sc2c(F)cccc21. The highest BCUT2D eigenvalue weighted by atomic mass is 35.5. The highest BCUT2D eigenvalue weighted by Crippen LogP contribution is 2.21. The molecule has 0 saturated carbocycles. The number of carboxylic acids is 1. The van der Waals surface area contributed by atoms with Crippen LogP contribution in [0.15, 0.2) is 47.5 Å². The summed E-state index contributed by atoms with van der Waals surface area (Å²) in [5.74, 6) is -2.19. The maximum absolute atomic E-state index is 13.9. The number of aromatic nitrogens is 1. The Kier molecular flexibility index (Phi) is 4.46. The first-order valence-corrected chi connectivity index (χ1v) is 7.99. The molecule has 0 unspecified atom stereocenters. The molecule has 3 rings (SSSR count). The van der Waals surface area contributed by atoms with E-state index in [0.717, 1.165) is 11.3 Å². The molecule has 8 heteroatoms. The number of amides is 1. The van der Waals surface area contributed by atoms with Gasteiger partial charge in [-0.05, 0) is 30.3 Å². The Morgan fingerprint density at radius 2 is 2.00 bits per heavy atom. The number of nitrogens with zero attached hydrogens (tertiary/aromatic N) is 2. The first kappa shape index (κ1) is 16.4. The molecule has 0 bridgehead atoms. The Morgan fingerprint density at radius 3 is 2.71 bits per heavy atom. The van der Waals surface area contributed by atoms with Crippen molar-refractivity contribution in [3.05, 3.63) is 63.7 Å². The van der Waals surface area contributed by atoms with Crippen molar-refractivity contribution in [3.8, 4) is 0 Å². The predicted octanol–water partition coefficient (Wildman–Crippen LogP) is 3.32. The van der Waals surface area contributed by atoms with Gasteiger partial charge >= 0.3 is 5.97 Å². The van der Waals surface area contributed by atoms with Crippen molar-refractivity contribution >= 4 is 45.0 Å². The maximum Gasteiger partial charge on any atom is 0.323 e. The lowest BCUT2D eigenvalue weighted by Crippen LogP contribution is -2.21. The summed E-state index contributed by atoms with van der Waals surface area (Å²) < 4.78 is 15.5. The zero-order chi connectivity index (χ0) is 17.3. The number of carbonyl (C=O) groups is 2. The van der Waals surface area contributed by atoms with Crippen molar-refractivity contribution in [3.63, 3.8) is 0 Å². The lowest BCUT2D eigenvalue weighted by Gasteiger charge is -2.01. The number of carboxylic acid groups (broad SMARTS) is 1. The second kappa shape index (κ2) is 6.54. The fraction of sp³-hybridized carbons (Fsp3) is 0.0625. The van der Waals surface area contributed by atoms with Crippen LogP contribution in [0.1, 0.15) is 10.4 Å². The Hall–Kier alpha value is -2.51. The van der Waals surface area contributed by atoms with Gasteiger partial charge < -0.3 is 9.67 Å². The van der Waals surface area contributed by atoms with E-state index in [1.54, 1.807) is 24.3 Å². The summed E-state index contributed by atoms with van der Waals surface area (Å²) in [6, 6.07) is 10.6. The number of benzene rings is 2. The van der Waals surface area contributed by atoms with Crippen LogP contribution in [0.3, 0.4) is 0 Å². The molecule has 0 aliphatic carbocycles. The summed E-state index contributed by atoms with van der Waals surface area (Å²) in [5.41, 5.74) is 0.641. The third kappa shape index (κ3) is 3.22. The van der Waals surface area contributed by atoms with Crippen molar-refractivity contribution in [2.24, 2.45) is 4.99 Å². The molecule has 0 aliphatic rings. The zero-order valence-corrected chi connectivity index (χ0v) is 13.6. The summed E-state index contributed by atoms with van der Waals surface area (Å²) >= 11 is 6.78. The minimum Gasteiger partial charge on any atom is -0.480 e. The van der Waals surface area contributed by atoms with Crippen molar-refractivity contribution in [2.75, 3.05) is 0 Å². The molecule has 2 aromatic carbocycles. The number of carbonyl (C=O) groups excluding carboxylic acids is 1. The van der Waals surface area contributed by atoms with Gasteiger partial charge in [0.15, 0.2) is 4.80 Å². The second-order valence-corrected chi connectivity index (χ2v) is 6.29. The number of rotatable bonds is 3. The van der Waals surface area contributed by atoms with Crippen LogP contribution in [0, 0.1) is 5.82 Å². The van der Waals surface area contributed by atoms with Crippen molar-refractivity contribution in [1.29, 1.82) is 0 Å². The fourth-order valence-corrected chi connectivity index (χ4v) is 3.43. The van der Waals surface area contributed by atoms with E-state index in [4.69, 9.17) is 16.7 Å². The van der Waals surface area contributed by atoms with Gasteiger partial charge in [-0.25, -0.2) is 4.39 Å². The molecule has 1 amide bonds. The standard InChI is InChI=1S/C16H10ClFN2O3S/c17-10-4-1-3-9(7-10)15(23)19-16-20(8-13(21)22)12-6-2-5-11(18)14(12)24-16/h1-7H,8H2,(H,21,22)/b19-16-. The van der Waals surface area contributed by atoms with Gasteiger partial charge in [0.25, 0.3) is 5.91 Å². The summed E-state index contributed by atoms with van der Waals surface area (Å²) in [6.07, 6.45) is 0. The number of hydrogen-bond donors (Lipinski definition) is 1. The molecule has 0 radical (unpaired) electrons. The van der Waals surface area contributed by atoms with Crippen molar-refractivity contribution < 1.29 is 19.1 Å². The number of halogens is 2. The van der Waals surface area contributed by atoms with E-state index in [0.29, 0.717) is 10.5 Å². The van der Waals surface area contributed by atoms with Gasteiger partial charge in [0.2, 0.25) is 0 Å². The fourth-order valence-electron chi connectivity index (χ4n) is 2.20. The van der Waals surface area contributed by atoms with Crippen LogP contribution in [0.2, 0.25) is 5.02 Å². The quantitative estimate of drug-likeness (QED) is 0.775. The average Bonchev–Trinajstić information content (AvgIpc) is 2.86. The Morgan fingerprint density at radius 1 is 1.25 bits per heavy atom. The van der Waals surface area contributed by atoms with Gasteiger partial charge in [-0.3, -0.25) is 9.59 Å². The van der Waals surface area contributed by atoms with E-state index in [9.17, 15) is 14.0 Å². The molecule has 0 atom stereocenters. The van der Waals surface area contributed by atoms with E-state index in [-0.39, 0.29) is 15.1 Å². The molecule has 5 nitrogen and oxygen atoms in total. The molecule has 0 fully saturated rings. The van der Waals surface area contributed by atoms with Crippen LogP contribution in [-0.2, 0) is 11.3 Å². The summed E-state index contributed by atoms with van der Waals surface area (Å²) in [4.78, 5) is 27.5. The highest BCUT2D eigenvalue weighted by Gasteiger charge is 2.14. The monoisotopic (exact) mass is 364 g/mol. The van der Waals surface area contributed by atoms with Crippen LogP contribution < -0.4 is 4.80 Å². The largest absolute Gasteiger partial charge is 0.480 e. The van der Waals surface area contributed by atoms with Crippen molar-refractivity contribution in [1.82, 2.24) is 4.57 Å². The summed E-state index contributed by atoms with van der Waals surface area (Å²) in [6.45, 7) is -0.425. The van der Waals surface area contributed by atoms with Crippen LogP contribution in [0.25, 0.3) is 10.2 Å². The molecule has 1 heterocycles. The van der Waals surface area contributed by atoms with Crippen LogP contribution in [0.5, 0.6) is 0 Å². The van der Waals surface area contributed by atoms with E-state index in [2.05, 4.69) is 4.99 Å². The molecular formula is C16H10ClFN2O3S. The van der Waals surface area contributed by atoms with Crippen LogP contribution in [-0.4, -0.2) is 21.6 Å². The Labute approximate surface area is 144 Å². The van der Waals surface area contributed by atoms with Gasteiger partial charge in [0.05, 0.1) is 10.2 Å². The second-order valence-electron chi connectivity index (χ2n) is 4.88. The number of aliphatic carboxylic acids is 1. The zero-order valence-electron chi connectivity index (χ0n) is 12.1. The van der Waals surface area contributed by atoms with E-state index in [1.807, 2.05) is 0 Å². The maximum atomic E-state index is 13.9. The highest BCUT2D eigenvalue weighted by molar-refractivity contribution is 7.16. The van der Waals surface area contributed by atoms with E-state index < -0.39 is 24.2 Å². The topological polar surface area (TPSA) is 71.7 Å². The van der Waals surface area contributed by atoms with Gasteiger partial charge in [0.1, 0.15) is 12.4 Å². The molecule has 1 aromatic heterocycles. The molecule has 0 spiro atoms. The molecule has 0 aliphatic heterocycles. The van der Waals surface area contributed by atoms with E-state index >= 15 is 0 Å². The number of hydrogen-bond acceptors (Lipinski definition) is 3. The number of fused-ring (bicyclic) bond motifs is 1. The van der Waals surface area contributed by atoms with Gasteiger partial charge in [-0.1, -0.05) is 35.1 Å². The van der Waals surface area contributed by atoms with Gasteiger partial charge in [-0.2, -0.15) is 4.99 Å². The average molecular weight is 365 g/mol. The minimum absolute atomic E-state index is 0.113. The summed E-state index contributed by atoms with van der Waals surface area (Å²) in [5, 5.41) is 9.46. The number of thiazole rings is 1. The lowest BCUT2D eigenvalue weighted by atomic mass is 10.2. The van der Waals surface area contributed by atoms with Crippen LogP contribution >= 0.6 is 22.9 Å². The molecule has 24 heavy (non-hydrogen) atoms. The van der Waals surface area contributed by atoms with Crippen molar-refractivity contribution in [2.45, 2.75) is 6.54 Å². The lowest BCUT2D eigenvalue weighted by molar-refractivity contribution is -0.137. The Bertz CT molecular complexity index is 1030. The predicted molar refractivity (Wildman–Crippen MR) is 88.8 cm³/mol. The third-order valence-electron chi connectivity index (χ3n) is 3.22. The van der Waals surface area contributed by atoms with Gasteiger partial charge in [-0.15, -0.1) is 0 Å². The summed E-state index contributed by atoms with van der Waals surface area (Å²) in [7, 11) is 0. The minimum atomic E-state index is -1.12. The van der Waals surface area contributed by atoms with Crippen LogP contribution in [0.4, 0.5) is 4.39 Å². The molecule has 0 saturated heterocycles. The van der Waals surface area contributed by atoms with Gasteiger partial charge in [0, 0.05) is 10.6 Å². The molecule has 3 aromatic rings. The first-order chi connectivity index (χ1) is 11.5. The normalized spacial score (nSPS) is 11.8. The molecular weight excluding hydrogens is 355 g/mol. The smallest absolute Gasteiger partial charge is 0.323 e. The first-order valence-electron chi connectivity index (χ1n) is 6.80. The third-order valence-corrected chi connectivity index (χ3v) is 4.56. The Balaban J connectivity index is 2.19. The molecule has 122 valence electrons. The van der Waals surface area contributed by atoms with E-state index in [1.165, 1.54) is 22.8 Å².